The van der Waals surface area contributed by atoms with Gasteiger partial charge in [-0.25, -0.2) is 0 Å². The zero-order chi connectivity index (χ0) is 14.4. The van der Waals surface area contributed by atoms with Crippen LogP contribution < -0.4 is 10.6 Å². The maximum Gasteiger partial charge on any atom is 0.253 e. The van der Waals surface area contributed by atoms with E-state index in [1.165, 1.54) is 0 Å². The van der Waals surface area contributed by atoms with Gasteiger partial charge in [-0.15, -0.1) is 0 Å². The molecule has 1 atom stereocenters. The van der Waals surface area contributed by atoms with Crippen LogP contribution in [0.5, 0.6) is 0 Å². The van der Waals surface area contributed by atoms with E-state index in [0.717, 1.165) is 6.42 Å². The lowest BCUT2D eigenvalue weighted by molar-refractivity contribution is -0.118. The summed E-state index contributed by atoms with van der Waals surface area (Å²) >= 11 is 0. The molecule has 4 heteroatoms. The minimum Gasteiger partial charge on any atom is -0.350 e. The Kier molecular flexibility index (Phi) is 5.55. The van der Waals surface area contributed by atoms with Gasteiger partial charge in [0.2, 0.25) is 5.91 Å². The number of para-hydroxylation sites is 1. The minimum atomic E-state index is -0.158. The summed E-state index contributed by atoms with van der Waals surface area (Å²) in [5.74, 6) is -0.372. The first-order valence-corrected chi connectivity index (χ1v) is 6.66. The summed E-state index contributed by atoms with van der Waals surface area (Å²) in [6.07, 6.45) is 0.867. The summed E-state index contributed by atoms with van der Waals surface area (Å²) < 4.78 is 0. The average Bonchev–Trinajstić information content (AvgIpc) is 2.38. The van der Waals surface area contributed by atoms with Crippen molar-refractivity contribution in [3.05, 3.63) is 29.8 Å². The summed E-state index contributed by atoms with van der Waals surface area (Å²) in [6, 6.07) is 7.16. The molecule has 4 nitrogen and oxygen atoms in total. The maximum absolute atomic E-state index is 12.1. The lowest BCUT2D eigenvalue weighted by atomic mass is 10.1. The van der Waals surface area contributed by atoms with Crippen LogP contribution in [0.15, 0.2) is 24.3 Å². The third-order valence-corrected chi connectivity index (χ3v) is 2.94. The molecule has 1 aromatic rings. The molecule has 2 N–H and O–H groups in total. The highest BCUT2D eigenvalue weighted by atomic mass is 16.2. The molecule has 1 rings (SSSR count). The quantitative estimate of drug-likeness (QED) is 0.857. The number of hydrogen-bond acceptors (Lipinski definition) is 2. The number of hydrogen-bond donors (Lipinski definition) is 2. The second-order valence-corrected chi connectivity index (χ2v) is 4.97. The standard InChI is InChI=1S/C15H22N2O2/c1-5-11(4)16-15(19)12-8-6-7-9-13(12)17-14(18)10(2)3/h6-11H,5H2,1-4H3,(H,16,19)(H,17,18). The van der Waals surface area contributed by atoms with Crippen LogP contribution in [-0.2, 0) is 4.79 Å². The molecule has 0 saturated carbocycles. The minimum absolute atomic E-state index is 0.0937. The molecule has 0 heterocycles. The third kappa shape index (κ3) is 4.39. The van der Waals surface area contributed by atoms with Crippen LogP contribution in [0, 0.1) is 5.92 Å². The first-order valence-electron chi connectivity index (χ1n) is 6.66. The van der Waals surface area contributed by atoms with Crippen LogP contribution in [0.1, 0.15) is 44.5 Å². The van der Waals surface area contributed by atoms with E-state index in [1.54, 1.807) is 24.3 Å². The van der Waals surface area contributed by atoms with Crippen LogP contribution in [-0.4, -0.2) is 17.9 Å². The van der Waals surface area contributed by atoms with Gasteiger partial charge in [-0.2, -0.15) is 0 Å². The van der Waals surface area contributed by atoms with E-state index in [9.17, 15) is 9.59 Å². The van der Waals surface area contributed by atoms with E-state index in [-0.39, 0.29) is 23.8 Å². The molecular formula is C15H22N2O2. The molecule has 0 spiro atoms. The number of amides is 2. The van der Waals surface area contributed by atoms with Crippen molar-refractivity contribution in [2.45, 2.75) is 40.2 Å². The van der Waals surface area contributed by atoms with Gasteiger partial charge in [-0.3, -0.25) is 9.59 Å². The molecular weight excluding hydrogens is 240 g/mol. The van der Waals surface area contributed by atoms with Gasteiger partial charge in [-0.05, 0) is 25.5 Å². The highest BCUT2D eigenvalue weighted by molar-refractivity contribution is 6.04. The summed E-state index contributed by atoms with van der Waals surface area (Å²) in [5, 5.41) is 5.68. The number of anilines is 1. The van der Waals surface area contributed by atoms with Crippen LogP contribution >= 0.6 is 0 Å². The van der Waals surface area contributed by atoms with Crippen molar-refractivity contribution in [2.24, 2.45) is 5.92 Å². The number of carbonyl (C=O) groups excluding carboxylic acids is 2. The number of carbonyl (C=O) groups is 2. The van der Waals surface area contributed by atoms with Gasteiger partial charge >= 0.3 is 0 Å². The Balaban J connectivity index is 2.89. The summed E-state index contributed by atoms with van der Waals surface area (Å²) in [5.41, 5.74) is 1.05. The fraction of sp³-hybridized carbons (Fsp3) is 0.467. The van der Waals surface area contributed by atoms with Gasteiger partial charge in [0.25, 0.3) is 5.91 Å². The Morgan fingerprint density at radius 3 is 2.37 bits per heavy atom. The summed E-state index contributed by atoms with van der Waals surface area (Å²) in [4.78, 5) is 23.8. The molecule has 0 bridgehead atoms. The predicted molar refractivity (Wildman–Crippen MR) is 77.1 cm³/mol. The van der Waals surface area contributed by atoms with Gasteiger partial charge in [0.1, 0.15) is 0 Å². The smallest absolute Gasteiger partial charge is 0.253 e. The Morgan fingerprint density at radius 1 is 1.16 bits per heavy atom. The summed E-state index contributed by atoms with van der Waals surface area (Å²) in [6.45, 7) is 7.60. The molecule has 2 amide bonds. The van der Waals surface area contributed by atoms with Crippen molar-refractivity contribution >= 4 is 17.5 Å². The molecule has 104 valence electrons. The fourth-order valence-electron chi connectivity index (χ4n) is 1.47. The predicted octanol–water partition coefficient (Wildman–Crippen LogP) is 2.81. The first-order chi connectivity index (χ1) is 8.95. The molecule has 0 radical (unpaired) electrons. The van der Waals surface area contributed by atoms with Crippen molar-refractivity contribution in [3.8, 4) is 0 Å². The fourth-order valence-corrected chi connectivity index (χ4v) is 1.47. The molecule has 0 aliphatic heterocycles. The van der Waals surface area contributed by atoms with Crippen molar-refractivity contribution in [1.29, 1.82) is 0 Å². The molecule has 0 aliphatic carbocycles. The Hall–Kier alpha value is -1.84. The Morgan fingerprint density at radius 2 is 1.79 bits per heavy atom. The number of rotatable bonds is 5. The Bertz CT molecular complexity index is 455. The number of benzene rings is 1. The zero-order valence-electron chi connectivity index (χ0n) is 12.0. The van der Waals surface area contributed by atoms with Crippen molar-refractivity contribution in [2.75, 3.05) is 5.32 Å². The van der Waals surface area contributed by atoms with E-state index < -0.39 is 0 Å². The molecule has 19 heavy (non-hydrogen) atoms. The summed E-state index contributed by atoms with van der Waals surface area (Å²) in [7, 11) is 0. The van der Waals surface area contributed by atoms with Gasteiger partial charge in [0, 0.05) is 12.0 Å². The average molecular weight is 262 g/mol. The SMILES string of the molecule is CCC(C)NC(=O)c1ccccc1NC(=O)C(C)C. The molecule has 0 saturated heterocycles. The molecule has 0 aromatic heterocycles. The monoisotopic (exact) mass is 262 g/mol. The molecule has 0 aliphatic rings. The lowest BCUT2D eigenvalue weighted by Crippen LogP contribution is -2.32. The first kappa shape index (κ1) is 15.2. The maximum atomic E-state index is 12.1. The van der Waals surface area contributed by atoms with E-state index in [2.05, 4.69) is 10.6 Å². The molecule has 0 fully saturated rings. The second kappa shape index (κ2) is 6.92. The van der Waals surface area contributed by atoms with Crippen LogP contribution in [0.25, 0.3) is 0 Å². The number of nitrogens with one attached hydrogen (secondary N) is 2. The van der Waals surface area contributed by atoms with E-state index >= 15 is 0 Å². The third-order valence-electron chi connectivity index (χ3n) is 2.94. The van der Waals surface area contributed by atoms with Crippen LogP contribution in [0.3, 0.4) is 0 Å². The zero-order valence-corrected chi connectivity index (χ0v) is 12.0. The van der Waals surface area contributed by atoms with Crippen LogP contribution in [0.4, 0.5) is 5.69 Å². The topological polar surface area (TPSA) is 58.2 Å². The normalized spacial score (nSPS) is 12.1. The van der Waals surface area contributed by atoms with Gasteiger partial charge in [-0.1, -0.05) is 32.9 Å². The van der Waals surface area contributed by atoms with E-state index in [0.29, 0.717) is 11.3 Å². The van der Waals surface area contributed by atoms with E-state index in [1.807, 2.05) is 27.7 Å². The Labute approximate surface area is 114 Å². The molecule has 1 unspecified atom stereocenters. The van der Waals surface area contributed by atoms with Crippen LogP contribution in [0.2, 0.25) is 0 Å². The van der Waals surface area contributed by atoms with Crippen molar-refractivity contribution < 1.29 is 9.59 Å². The van der Waals surface area contributed by atoms with Crippen molar-refractivity contribution in [1.82, 2.24) is 5.32 Å². The second-order valence-electron chi connectivity index (χ2n) is 4.97. The van der Waals surface area contributed by atoms with Gasteiger partial charge in [0.15, 0.2) is 0 Å². The van der Waals surface area contributed by atoms with Gasteiger partial charge < -0.3 is 10.6 Å². The highest BCUT2D eigenvalue weighted by Crippen LogP contribution is 2.16. The van der Waals surface area contributed by atoms with Crippen molar-refractivity contribution in [3.63, 3.8) is 0 Å². The van der Waals surface area contributed by atoms with E-state index in [4.69, 9.17) is 0 Å². The molecule has 1 aromatic carbocycles. The largest absolute Gasteiger partial charge is 0.350 e. The highest BCUT2D eigenvalue weighted by Gasteiger charge is 2.15. The lowest BCUT2D eigenvalue weighted by Gasteiger charge is -2.15. The van der Waals surface area contributed by atoms with Gasteiger partial charge in [0.05, 0.1) is 11.3 Å².